The SMILES string of the molecule is O=C(OC[C@@H]1CCCNC1)C1CCCC1. The number of carbonyl (C=O) groups is 1. The van der Waals surface area contributed by atoms with Crippen molar-refractivity contribution in [1.29, 1.82) is 0 Å². The summed E-state index contributed by atoms with van der Waals surface area (Å²) in [6.07, 6.45) is 6.90. The summed E-state index contributed by atoms with van der Waals surface area (Å²) in [7, 11) is 0. The molecule has 0 radical (unpaired) electrons. The van der Waals surface area contributed by atoms with E-state index in [1.165, 1.54) is 25.7 Å². The number of hydrogen-bond acceptors (Lipinski definition) is 3. The van der Waals surface area contributed by atoms with Gasteiger partial charge in [-0.3, -0.25) is 4.79 Å². The number of hydrogen-bond donors (Lipinski definition) is 1. The highest BCUT2D eigenvalue weighted by Crippen LogP contribution is 2.26. The lowest BCUT2D eigenvalue weighted by atomic mass is 10.0. The van der Waals surface area contributed by atoms with E-state index < -0.39 is 0 Å². The molecule has 2 rings (SSSR count). The molecule has 0 aromatic heterocycles. The monoisotopic (exact) mass is 211 g/mol. The van der Waals surface area contributed by atoms with Crippen LogP contribution in [-0.2, 0) is 9.53 Å². The van der Waals surface area contributed by atoms with E-state index in [1.807, 2.05) is 0 Å². The third-order valence-electron chi connectivity index (χ3n) is 3.55. The van der Waals surface area contributed by atoms with Crippen LogP contribution >= 0.6 is 0 Å². The molecule has 1 N–H and O–H groups in total. The number of rotatable bonds is 3. The fourth-order valence-electron chi connectivity index (χ4n) is 2.55. The van der Waals surface area contributed by atoms with Crippen LogP contribution in [0, 0.1) is 11.8 Å². The van der Waals surface area contributed by atoms with Crippen LogP contribution in [0.1, 0.15) is 38.5 Å². The van der Waals surface area contributed by atoms with Gasteiger partial charge in [0.2, 0.25) is 0 Å². The average Bonchev–Trinajstić information content (AvgIpc) is 2.81. The first-order chi connectivity index (χ1) is 7.36. The maximum atomic E-state index is 11.6. The second-order valence-corrected chi connectivity index (χ2v) is 4.82. The fourth-order valence-corrected chi connectivity index (χ4v) is 2.55. The number of nitrogens with one attached hydrogen (secondary N) is 1. The molecule has 0 aromatic carbocycles. The van der Waals surface area contributed by atoms with Crippen LogP contribution in [0.5, 0.6) is 0 Å². The number of ether oxygens (including phenoxy) is 1. The highest BCUT2D eigenvalue weighted by Gasteiger charge is 2.25. The van der Waals surface area contributed by atoms with E-state index >= 15 is 0 Å². The Morgan fingerprint density at radius 3 is 2.67 bits per heavy atom. The van der Waals surface area contributed by atoms with Gasteiger partial charge in [0.1, 0.15) is 0 Å². The smallest absolute Gasteiger partial charge is 0.308 e. The van der Waals surface area contributed by atoms with E-state index in [2.05, 4.69) is 5.32 Å². The maximum Gasteiger partial charge on any atom is 0.308 e. The van der Waals surface area contributed by atoms with Crippen molar-refractivity contribution in [3.8, 4) is 0 Å². The van der Waals surface area contributed by atoms with Gasteiger partial charge in [0.15, 0.2) is 0 Å². The van der Waals surface area contributed by atoms with Gasteiger partial charge in [-0.1, -0.05) is 12.8 Å². The first-order valence-corrected chi connectivity index (χ1v) is 6.23. The van der Waals surface area contributed by atoms with E-state index in [0.29, 0.717) is 12.5 Å². The number of esters is 1. The Kier molecular flexibility index (Phi) is 4.01. The molecule has 1 aliphatic carbocycles. The molecule has 0 bridgehead atoms. The molecule has 3 heteroatoms. The van der Waals surface area contributed by atoms with Crippen LogP contribution in [0.3, 0.4) is 0 Å². The minimum Gasteiger partial charge on any atom is -0.465 e. The summed E-state index contributed by atoms with van der Waals surface area (Å²) in [6.45, 7) is 2.76. The van der Waals surface area contributed by atoms with Crippen LogP contribution < -0.4 is 5.32 Å². The summed E-state index contributed by atoms with van der Waals surface area (Å²) in [5.74, 6) is 0.809. The van der Waals surface area contributed by atoms with E-state index in [-0.39, 0.29) is 11.9 Å². The predicted octanol–water partition coefficient (Wildman–Crippen LogP) is 1.72. The Bertz CT molecular complexity index is 206. The van der Waals surface area contributed by atoms with Gasteiger partial charge in [-0.05, 0) is 32.2 Å². The van der Waals surface area contributed by atoms with E-state index in [1.54, 1.807) is 0 Å². The van der Waals surface area contributed by atoms with Gasteiger partial charge in [-0.25, -0.2) is 0 Å². The lowest BCUT2D eigenvalue weighted by molar-refractivity contribution is -0.149. The lowest BCUT2D eigenvalue weighted by Crippen LogP contribution is -2.33. The molecule has 86 valence electrons. The zero-order valence-corrected chi connectivity index (χ0v) is 9.34. The third-order valence-corrected chi connectivity index (χ3v) is 3.55. The lowest BCUT2D eigenvalue weighted by Gasteiger charge is -2.22. The van der Waals surface area contributed by atoms with Crippen molar-refractivity contribution in [3.05, 3.63) is 0 Å². The Morgan fingerprint density at radius 1 is 1.20 bits per heavy atom. The molecule has 1 saturated heterocycles. The minimum absolute atomic E-state index is 0.0538. The van der Waals surface area contributed by atoms with Gasteiger partial charge in [-0.2, -0.15) is 0 Å². The fraction of sp³-hybridized carbons (Fsp3) is 0.917. The molecule has 1 heterocycles. The van der Waals surface area contributed by atoms with E-state index in [9.17, 15) is 4.79 Å². The van der Waals surface area contributed by atoms with Crippen LogP contribution in [0.25, 0.3) is 0 Å². The highest BCUT2D eigenvalue weighted by atomic mass is 16.5. The standard InChI is InChI=1S/C12H21NO2/c14-12(11-5-1-2-6-11)15-9-10-4-3-7-13-8-10/h10-11,13H,1-9H2/t10-/m1/s1. The molecule has 15 heavy (non-hydrogen) atoms. The second kappa shape index (κ2) is 5.50. The molecule has 1 atom stereocenters. The summed E-state index contributed by atoms with van der Waals surface area (Å²) >= 11 is 0. The van der Waals surface area contributed by atoms with Gasteiger partial charge in [0, 0.05) is 12.5 Å². The van der Waals surface area contributed by atoms with Crippen LogP contribution in [-0.4, -0.2) is 25.7 Å². The van der Waals surface area contributed by atoms with Gasteiger partial charge in [0.05, 0.1) is 12.5 Å². The highest BCUT2D eigenvalue weighted by molar-refractivity contribution is 5.72. The van der Waals surface area contributed by atoms with E-state index in [0.717, 1.165) is 25.9 Å². The maximum absolute atomic E-state index is 11.6. The molecule has 2 fully saturated rings. The van der Waals surface area contributed by atoms with Gasteiger partial charge in [-0.15, -0.1) is 0 Å². The zero-order chi connectivity index (χ0) is 10.5. The summed E-state index contributed by atoms with van der Waals surface area (Å²) < 4.78 is 5.39. The minimum atomic E-state index is 0.0538. The number of carbonyl (C=O) groups excluding carboxylic acids is 1. The van der Waals surface area contributed by atoms with Crippen molar-refractivity contribution >= 4 is 5.97 Å². The van der Waals surface area contributed by atoms with Crippen molar-refractivity contribution in [2.24, 2.45) is 11.8 Å². The van der Waals surface area contributed by atoms with Crippen molar-refractivity contribution in [1.82, 2.24) is 5.32 Å². The summed E-state index contributed by atoms with van der Waals surface area (Å²) in [4.78, 5) is 11.6. The zero-order valence-electron chi connectivity index (χ0n) is 9.34. The Balaban J connectivity index is 1.65. The van der Waals surface area contributed by atoms with Crippen molar-refractivity contribution in [2.75, 3.05) is 19.7 Å². The normalized spacial score (nSPS) is 27.9. The summed E-state index contributed by atoms with van der Waals surface area (Å²) in [5.41, 5.74) is 0. The van der Waals surface area contributed by atoms with E-state index in [4.69, 9.17) is 4.74 Å². The quantitative estimate of drug-likeness (QED) is 0.722. The molecule has 1 saturated carbocycles. The first-order valence-electron chi connectivity index (χ1n) is 6.23. The molecular formula is C12H21NO2. The molecule has 0 aromatic rings. The Morgan fingerprint density at radius 2 is 2.00 bits per heavy atom. The van der Waals surface area contributed by atoms with Crippen molar-refractivity contribution in [3.63, 3.8) is 0 Å². The van der Waals surface area contributed by atoms with Gasteiger partial charge in [0.25, 0.3) is 0 Å². The van der Waals surface area contributed by atoms with Crippen LogP contribution in [0.15, 0.2) is 0 Å². The molecule has 0 spiro atoms. The Labute approximate surface area is 91.6 Å². The topological polar surface area (TPSA) is 38.3 Å². The number of piperidine rings is 1. The summed E-state index contributed by atoms with van der Waals surface area (Å²) in [5, 5.41) is 3.34. The largest absolute Gasteiger partial charge is 0.465 e. The Hall–Kier alpha value is -0.570. The van der Waals surface area contributed by atoms with Crippen LogP contribution in [0.4, 0.5) is 0 Å². The third kappa shape index (κ3) is 3.20. The van der Waals surface area contributed by atoms with Gasteiger partial charge < -0.3 is 10.1 Å². The molecular weight excluding hydrogens is 190 g/mol. The molecule has 0 amide bonds. The average molecular weight is 211 g/mol. The molecule has 2 aliphatic rings. The second-order valence-electron chi connectivity index (χ2n) is 4.82. The molecule has 1 aliphatic heterocycles. The van der Waals surface area contributed by atoms with Crippen molar-refractivity contribution < 1.29 is 9.53 Å². The predicted molar refractivity (Wildman–Crippen MR) is 58.5 cm³/mol. The van der Waals surface area contributed by atoms with Gasteiger partial charge >= 0.3 is 5.97 Å². The van der Waals surface area contributed by atoms with Crippen molar-refractivity contribution in [2.45, 2.75) is 38.5 Å². The molecule has 0 unspecified atom stereocenters. The summed E-state index contributed by atoms with van der Waals surface area (Å²) in [6, 6.07) is 0. The van der Waals surface area contributed by atoms with Crippen LogP contribution in [0.2, 0.25) is 0 Å². The first kappa shape index (κ1) is 10.9. The molecule has 3 nitrogen and oxygen atoms in total.